The molecule has 1 amide bonds. The molecule has 2 aromatic heterocycles. The lowest BCUT2D eigenvalue weighted by atomic mass is 10.1. The Hall–Kier alpha value is -1.86. The minimum atomic E-state index is -0.378. The van der Waals surface area contributed by atoms with Crippen molar-refractivity contribution in [1.82, 2.24) is 4.98 Å². The quantitative estimate of drug-likeness (QED) is 0.658. The van der Waals surface area contributed by atoms with Gasteiger partial charge in [-0.05, 0) is 30.7 Å². The van der Waals surface area contributed by atoms with Crippen LogP contribution < -0.4 is 11.1 Å². The normalized spacial score (nSPS) is 11.0. The Bertz CT molecular complexity index is 952. The van der Waals surface area contributed by atoms with Gasteiger partial charge in [-0.15, -0.1) is 11.3 Å². The van der Waals surface area contributed by atoms with Gasteiger partial charge in [-0.3, -0.25) is 4.79 Å². The summed E-state index contributed by atoms with van der Waals surface area (Å²) < 4.78 is 5.23. The highest BCUT2D eigenvalue weighted by Crippen LogP contribution is 2.37. The van der Waals surface area contributed by atoms with E-state index in [0.717, 1.165) is 16.6 Å². The number of carbonyl (C=O) groups is 1. The zero-order valence-electron chi connectivity index (χ0n) is 13.5. The largest absolute Gasteiger partial charge is 0.397 e. The molecular weight excluding hydrogens is 381 g/mol. The number of carbonyl (C=O) groups excluding carboxylic acids is 1. The van der Waals surface area contributed by atoms with Crippen molar-refractivity contribution in [3.8, 4) is 0 Å². The smallest absolute Gasteiger partial charge is 0.268 e. The maximum atomic E-state index is 12.7. The second-order valence-corrected chi connectivity index (χ2v) is 7.25. The lowest BCUT2D eigenvalue weighted by Crippen LogP contribution is -2.12. The van der Waals surface area contributed by atoms with Crippen LogP contribution in [0.25, 0.3) is 10.2 Å². The number of pyridine rings is 1. The maximum absolute atomic E-state index is 12.7. The van der Waals surface area contributed by atoms with Crippen molar-refractivity contribution >= 4 is 62.0 Å². The van der Waals surface area contributed by atoms with Crippen LogP contribution in [0.1, 0.15) is 20.9 Å². The molecule has 1 aromatic carbocycles. The summed E-state index contributed by atoms with van der Waals surface area (Å²) in [6, 6.07) is 6.91. The first kappa shape index (κ1) is 17.9. The number of nitrogens with zero attached hydrogens (tertiary/aromatic N) is 1. The summed E-state index contributed by atoms with van der Waals surface area (Å²) in [5.74, 6) is -0.378. The highest BCUT2D eigenvalue weighted by molar-refractivity contribution is 7.21. The van der Waals surface area contributed by atoms with Crippen LogP contribution >= 0.6 is 34.5 Å². The fraction of sp³-hybridized carbons (Fsp3) is 0.176. The van der Waals surface area contributed by atoms with Crippen molar-refractivity contribution in [3.05, 3.63) is 50.4 Å². The second kappa shape index (κ2) is 7.17. The maximum Gasteiger partial charge on any atom is 0.268 e. The molecule has 0 bridgehead atoms. The van der Waals surface area contributed by atoms with E-state index in [1.165, 1.54) is 11.3 Å². The second-order valence-electron chi connectivity index (χ2n) is 5.43. The van der Waals surface area contributed by atoms with E-state index in [-0.39, 0.29) is 5.91 Å². The van der Waals surface area contributed by atoms with Crippen molar-refractivity contribution in [3.63, 3.8) is 0 Å². The molecule has 25 heavy (non-hydrogen) atoms. The number of nitrogens with one attached hydrogen (secondary N) is 1. The number of aromatic nitrogens is 1. The molecular formula is C17H15Cl2N3O2S. The Morgan fingerprint density at radius 3 is 2.68 bits per heavy atom. The molecule has 2 heterocycles. The van der Waals surface area contributed by atoms with E-state index in [1.54, 1.807) is 25.3 Å². The molecule has 0 fully saturated rings. The molecule has 0 aliphatic heterocycles. The van der Waals surface area contributed by atoms with E-state index in [9.17, 15) is 4.79 Å². The van der Waals surface area contributed by atoms with Crippen molar-refractivity contribution in [2.75, 3.05) is 18.2 Å². The van der Waals surface area contributed by atoms with Gasteiger partial charge in [-0.1, -0.05) is 29.3 Å². The minimum absolute atomic E-state index is 0.356. The van der Waals surface area contributed by atoms with Crippen LogP contribution in [0, 0.1) is 6.92 Å². The van der Waals surface area contributed by atoms with Gasteiger partial charge >= 0.3 is 0 Å². The summed E-state index contributed by atoms with van der Waals surface area (Å²) in [5, 5.41) is 4.19. The van der Waals surface area contributed by atoms with E-state index in [4.69, 9.17) is 33.7 Å². The SMILES string of the molecule is COCc1cc(C)nc2sc(C(=O)Nc3c(Cl)cccc3Cl)c(N)c12. The molecule has 3 rings (SSSR count). The van der Waals surface area contributed by atoms with Crippen molar-refractivity contribution < 1.29 is 9.53 Å². The summed E-state index contributed by atoms with van der Waals surface area (Å²) >= 11 is 13.4. The average Bonchev–Trinajstić information content (AvgIpc) is 2.88. The van der Waals surface area contributed by atoms with Gasteiger partial charge in [0.25, 0.3) is 5.91 Å². The topological polar surface area (TPSA) is 77.2 Å². The predicted octanol–water partition coefficient (Wildman–Crippen LogP) is 4.89. The minimum Gasteiger partial charge on any atom is -0.397 e. The van der Waals surface area contributed by atoms with Crippen LogP contribution in [0.2, 0.25) is 10.0 Å². The number of halogens is 2. The van der Waals surface area contributed by atoms with Gasteiger partial charge in [0.2, 0.25) is 0 Å². The summed E-state index contributed by atoms with van der Waals surface area (Å²) in [6.07, 6.45) is 0. The van der Waals surface area contributed by atoms with Crippen molar-refractivity contribution in [2.24, 2.45) is 0 Å². The predicted molar refractivity (Wildman–Crippen MR) is 104 cm³/mol. The zero-order chi connectivity index (χ0) is 18.1. The van der Waals surface area contributed by atoms with Gasteiger partial charge < -0.3 is 15.8 Å². The molecule has 0 atom stereocenters. The van der Waals surface area contributed by atoms with Crippen LogP contribution in [0.15, 0.2) is 24.3 Å². The number of fused-ring (bicyclic) bond motifs is 1. The third-order valence-electron chi connectivity index (χ3n) is 3.62. The Morgan fingerprint density at radius 1 is 1.36 bits per heavy atom. The third-order valence-corrected chi connectivity index (χ3v) is 5.34. The number of aryl methyl sites for hydroxylation is 1. The number of benzene rings is 1. The lowest BCUT2D eigenvalue weighted by Gasteiger charge is -2.08. The Labute approximate surface area is 158 Å². The molecule has 5 nitrogen and oxygen atoms in total. The Kier molecular flexibility index (Phi) is 5.15. The molecule has 3 N–H and O–H groups in total. The highest BCUT2D eigenvalue weighted by Gasteiger charge is 2.21. The number of ether oxygens (including phenoxy) is 1. The number of thiophene rings is 1. The third kappa shape index (κ3) is 3.43. The Morgan fingerprint density at radius 2 is 2.04 bits per heavy atom. The van der Waals surface area contributed by atoms with Gasteiger partial charge in [-0.25, -0.2) is 4.98 Å². The molecule has 0 unspecified atom stereocenters. The standard InChI is InChI=1S/C17H15Cl2N3O2S/c1-8-6-9(7-24-2)12-13(20)15(25-17(12)21-8)16(23)22-14-10(18)4-3-5-11(14)19/h3-6H,7,20H2,1-2H3,(H,22,23). The van der Waals surface area contributed by atoms with Crippen LogP contribution in [-0.4, -0.2) is 18.0 Å². The fourth-order valence-corrected chi connectivity index (χ4v) is 4.14. The van der Waals surface area contributed by atoms with Gasteiger partial charge in [0.1, 0.15) is 9.71 Å². The number of nitrogen functional groups attached to an aromatic ring is 1. The average molecular weight is 396 g/mol. The first-order valence-electron chi connectivity index (χ1n) is 7.35. The molecule has 0 saturated carbocycles. The number of amides is 1. The number of nitrogens with two attached hydrogens (primary N) is 1. The van der Waals surface area contributed by atoms with E-state index >= 15 is 0 Å². The summed E-state index contributed by atoms with van der Waals surface area (Å²) in [5.41, 5.74) is 8.70. The van der Waals surface area contributed by atoms with Crippen LogP contribution in [-0.2, 0) is 11.3 Å². The molecule has 0 saturated heterocycles. The van der Waals surface area contributed by atoms with Gasteiger partial charge in [0.15, 0.2) is 0 Å². The number of hydrogen-bond acceptors (Lipinski definition) is 5. The first-order valence-corrected chi connectivity index (χ1v) is 8.92. The lowest BCUT2D eigenvalue weighted by molar-refractivity contribution is 0.103. The number of para-hydroxylation sites is 1. The summed E-state index contributed by atoms with van der Waals surface area (Å²) in [4.78, 5) is 18.2. The van der Waals surface area contributed by atoms with Crippen LogP contribution in [0.3, 0.4) is 0 Å². The molecule has 0 spiro atoms. The first-order chi connectivity index (χ1) is 11.9. The number of methoxy groups -OCH3 is 1. The molecule has 0 aliphatic rings. The zero-order valence-corrected chi connectivity index (χ0v) is 15.9. The van der Waals surface area contributed by atoms with Crippen molar-refractivity contribution in [1.29, 1.82) is 0 Å². The van der Waals surface area contributed by atoms with Crippen LogP contribution in [0.5, 0.6) is 0 Å². The molecule has 0 radical (unpaired) electrons. The molecule has 8 heteroatoms. The number of rotatable bonds is 4. The van der Waals surface area contributed by atoms with E-state index in [1.807, 2.05) is 13.0 Å². The number of hydrogen-bond donors (Lipinski definition) is 2. The fourth-order valence-electron chi connectivity index (χ4n) is 2.56. The van der Waals surface area contributed by atoms with E-state index in [2.05, 4.69) is 10.3 Å². The number of anilines is 2. The van der Waals surface area contributed by atoms with Gasteiger partial charge in [0.05, 0.1) is 28.0 Å². The Balaban J connectivity index is 2.05. The van der Waals surface area contributed by atoms with Gasteiger partial charge in [0, 0.05) is 18.2 Å². The van der Waals surface area contributed by atoms with E-state index in [0.29, 0.717) is 37.7 Å². The molecule has 130 valence electrons. The monoisotopic (exact) mass is 395 g/mol. The van der Waals surface area contributed by atoms with E-state index < -0.39 is 0 Å². The van der Waals surface area contributed by atoms with Crippen molar-refractivity contribution in [2.45, 2.75) is 13.5 Å². The molecule has 3 aromatic rings. The van der Waals surface area contributed by atoms with Crippen LogP contribution in [0.4, 0.5) is 11.4 Å². The summed E-state index contributed by atoms with van der Waals surface area (Å²) in [7, 11) is 1.61. The summed E-state index contributed by atoms with van der Waals surface area (Å²) in [6.45, 7) is 2.27. The van der Waals surface area contributed by atoms with Gasteiger partial charge in [-0.2, -0.15) is 0 Å². The molecule has 0 aliphatic carbocycles. The highest BCUT2D eigenvalue weighted by atomic mass is 35.5.